The Kier molecular flexibility index (Phi) is 6.16. The normalized spacial score (nSPS) is 10.5. The number of hydrogen-bond acceptors (Lipinski definition) is 6. The van der Waals surface area contributed by atoms with Gasteiger partial charge in [0.25, 0.3) is 0 Å². The topological polar surface area (TPSA) is 77.1 Å². The number of hydrogen-bond donors (Lipinski definition) is 0. The molecule has 0 amide bonds. The molecule has 0 N–H and O–H groups in total. The monoisotopic (exact) mass is 493 g/mol. The van der Waals surface area contributed by atoms with Gasteiger partial charge in [0.1, 0.15) is 5.69 Å². The van der Waals surface area contributed by atoms with Crippen molar-refractivity contribution in [2.75, 3.05) is 6.61 Å². The highest BCUT2D eigenvalue weighted by Crippen LogP contribution is 2.37. The molecular weight excluding hydrogens is 478 g/mol. The van der Waals surface area contributed by atoms with E-state index < -0.39 is 5.97 Å². The molecule has 0 saturated carbocycles. The Bertz CT molecular complexity index is 1260. The number of carbonyl (C=O) groups excluding carboxylic acids is 1. The van der Waals surface area contributed by atoms with Gasteiger partial charge in [-0.2, -0.15) is 10.4 Å². The molecule has 0 bridgehead atoms. The minimum absolute atomic E-state index is 0.212. The van der Waals surface area contributed by atoms with Gasteiger partial charge in [0, 0.05) is 12.1 Å². The van der Waals surface area contributed by atoms with Gasteiger partial charge >= 0.3 is 5.97 Å². The molecule has 0 aliphatic rings. The Hall–Kier alpha value is -3.41. The first-order valence-electron chi connectivity index (χ1n) is 9.38. The van der Waals surface area contributed by atoms with Crippen molar-refractivity contribution < 1.29 is 14.3 Å². The van der Waals surface area contributed by atoms with Crippen LogP contribution in [0.5, 0.6) is 11.5 Å². The zero-order valence-corrected chi connectivity index (χ0v) is 18.8. The molecule has 31 heavy (non-hydrogen) atoms. The first kappa shape index (κ1) is 20.8. The van der Waals surface area contributed by atoms with E-state index in [-0.39, 0.29) is 11.4 Å². The Morgan fingerprint density at radius 1 is 1.19 bits per heavy atom. The summed E-state index contributed by atoms with van der Waals surface area (Å²) in [5.41, 5.74) is 2.08. The van der Waals surface area contributed by atoms with Crippen molar-refractivity contribution in [3.63, 3.8) is 0 Å². The lowest BCUT2D eigenvalue weighted by Gasteiger charge is -2.13. The van der Waals surface area contributed by atoms with Crippen molar-refractivity contribution in [2.45, 2.75) is 6.92 Å². The second-order valence-corrected chi connectivity index (χ2v) is 8.16. The van der Waals surface area contributed by atoms with Crippen LogP contribution in [-0.2, 0) is 0 Å². The minimum Gasteiger partial charge on any atom is -0.490 e. The average Bonchev–Trinajstić information content (AvgIpc) is 3.46. The predicted molar refractivity (Wildman–Crippen MR) is 122 cm³/mol. The van der Waals surface area contributed by atoms with Crippen LogP contribution in [0, 0.1) is 11.3 Å². The molecule has 6 nitrogen and oxygen atoms in total. The van der Waals surface area contributed by atoms with Crippen LogP contribution in [0.4, 0.5) is 0 Å². The highest BCUT2D eigenvalue weighted by atomic mass is 79.9. The molecule has 2 aromatic heterocycles. The van der Waals surface area contributed by atoms with Crippen molar-refractivity contribution in [3.8, 4) is 33.8 Å². The number of esters is 1. The van der Waals surface area contributed by atoms with Crippen LogP contribution in [-0.4, -0.2) is 22.4 Å². The minimum atomic E-state index is -0.592. The maximum absolute atomic E-state index is 13.2. The van der Waals surface area contributed by atoms with Crippen molar-refractivity contribution >= 4 is 33.2 Å². The fourth-order valence-corrected chi connectivity index (χ4v) is 4.18. The summed E-state index contributed by atoms with van der Waals surface area (Å²) in [6.45, 7) is 2.17. The first-order chi connectivity index (χ1) is 15.1. The van der Waals surface area contributed by atoms with Crippen molar-refractivity contribution in [2.24, 2.45) is 0 Å². The van der Waals surface area contributed by atoms with Gasteiger partial charge in [-0.05, 0) is 52.5 Å². The summed E-state index contributed by atoms with van der Waals surface area (Å²) in [6, 6.07) is 20.2. The number of rotatable bonds is 6. The maximum Gasteiger partial charge on any atom is 0.362 e. The van der Waals surface area contributed by atoms with Crippen molar-refractivity contribution in [1.29, 1.82) is 5.26 Å². The number of ether oxygens (including phenoxy) is 2. The van der Waals surface area contributed by atoms with Gasteiger partial charge in [0.15, 0.2) is 17.2 Å². The molecule has 154 valence electrons. The van der Waals surface area contributed by atoms with E-state index in [4.69, 9.17) is 9.47 Å². The van der Waals surface area contributed by atoms with Crippen molar-refractivity contribution in [1.82, 2.24) is 9.78 Å². The van der Waals surface area contributed by atoms with Crippen LogP contribution in [0.2, 0.25) is 0 Å². The molecule has 0 atom stereocenters. The van der Waals surface area contributed by atoms with Crippen molar-refractivity contribution in [3.05, 3.63) is 81.8 Å². The smallest absolute Gasteiger partial charge is 0.362 e. The summed E-state index contributed by atoms with van der Waals surface area (Å²) in [4.78, 5) is 14.2. The second-order valence-electron chi connectivity index (χ2n) is 6.36. The fraction of sp³-hybridized carbons (Fsp3) is 0.0870. The number of carbonyl (C=O) groups is 1. The second kappa shape index (κ2) is 9.16. The van der Waals surface area contributed by atoms with Gasteiger partial charge in [-0.1, -0.05) is 24.3 Å². The molecule has 4 aromatic rings. The number of benzene rings is 2. The highest BCUT2D eigenvalue weighted by molar-refractivity contribution is 9.10. The Morgan fingerprint density at radius 2 is 2.00 bits per heavy atom. The van der Waals surface area contributed by atoms with Crippen LogP contribution in [0.15, 0.2) is 70.5 Å². The van der Waals surface area contributed by atoms with Gasteiger partial charge in [-0.3, -0.25) is 0 Å². The summed E-state index contributed by atoms with van der Waals surface area (Å²) in [5.74, 6) is -0.0686. The lowest BCUT2D eigenvalue weighted by atomic mass is 10.2. The Morgan fingerprint density at radius 3 is 2.68 bits per heavy atom. The maximum atomic E-state index is 13.2. The van der Waals surface area contributed by atoms with E-state index in [9.17, 15) is 10.1 Å². The molecule has 0 unspecified atom stereocenters. The number of nitrogens with zero attached hydrogens (tertiary/aromatic N) is 3. The highest BCUT2D eigenvalue weighted by Gasteiger charge is 2.23. The molecule has 0 aliphatic heterocycles. The number of para-hydroxylation sites is 1. The molecule has 0 fully saturated rings. The summed E-state index contributed by atoms with van der Waals surface area (Å²) in [5, 5.41) is 15.8. The number of aromatic nitrogens is 2. The van der Waals surface area contributed by atoms with E-state index in [0.717, 1.165) is 10.6 Å². The standard InChI is InChI=1S/C23H16BrN3O3S/c1-2-29-20-12-15(14-25)11-17(24)22(20)30-23(28)19-13-18(21-9-6-10-31-21)26-27(19)16-7-4-3-5-8-16/h3-13H,2H2,1H3. The summed E-state index contributed by atoms with van der Waals surface area (Å²) >= 11 is 4.92. The van der Waals surface area contributed by atoms with Gasteiger partial charge in [-0.15, -0.1) is 11.3 Å². The molecule has 2 aromatic carbocycles. The summed E-state index contributed by atoms with van der Waals surface area (Å²) in [6.07, 6.45) is 0. The third-order valence-corrected chi connectivity index (χ3v) is 5.81. The van der Waals surface area contributed by atoms with Gasteiger partial charge in [0.05, 0.1) is 33.3 Å². The van der Waals surface area contributed by atoms with Crippen LogP contribution >= 0.6 is 27.3 Å². The van der Waals surface area contributed by atoms with E-state index in [1.807, 2.05) is 54.8 Å². The molecule has 0 spiro atoms. The zero-order chi connectivity index (χ0) is 21.8. The fourth-order valence-electron chi connectivity index (χ4n) is 2.98. The van der Waals surface area contributed by atoms with E-state index in [1.165, 1.54) is 11.3 Å². The first-order valence-corrected chi connectivity index (χ1v) is 11.1. The van der Waals surface area contributed by atoms with Crippen LogP contribution in [0.25, 0.3) is 16.3 Å². The zero-order valence-electron chi connectivity index (χ0n) is 16.4. The van der Waals surface area contributed by atoms with E-state index in [1.54, 1.807) is 22.9 Å². The van der Waals surface area contributed by atoms with Gasteiger partial charge in [0.2, 0.25) is 0 Å². The van der Waals surface area contributed by atoms with Gasteiger partial charge < -0.3 is 9.47 Å². The Labute approximate surface area is 191 Å². The third-order valence-electron chi connectivity index (χ3n) is 4.33. The lowest BCUT2D eigenvalue weighted by molar-refractivity contribution is 0.0717. The molecule has 2 heterocycles. The summed E-state index contributed by atoms with van der Waals surface area (Å²) in [7, 11) is 0. The molecule has 0 saturated heterocycles. The van der Waals surface area contributed by atoms with Crippen LogP contribution in [0.1, 0.15) is 23.0 Å². The number of nitriles is 1. The molecular formula is C23H16BrN3O3S. The average molecular weight is 494 g/mol. The predicted octanol–water partition coefficient (Wildman–Crippen LogP) is 5.85. The Balaban J connectivity index is 1.76. The third kappa shape index (κ3) is 4.38. The molecule has 4 rings (SSSR count). The van der Waals surface area contributed by atoms with Gasteiger partial charge in [-0.25, -0.2) is 9.48 Å². The van der Waals surface area contributed by atoms with E-state index in [0.29, 0.717) is 28.1 Å². The number of halogens is 1. The van der Waals surface area contributed by atoms with E-state index >= 15 is 0 Å². The SMILES string of the molecule is CCOc1cc(C#N)cc(Br)c1OC(=O)c1cc(-c2cccs2)nn1-c1ccccc1. The van der Waals surface area contributed by atoms with Crippen LogP contribution < -0.4 is 9.47 Å². The summed E-state index contributed by atoms with van der Waals surface area (Å²) < 4.78 is 13.3. The van der Waals surface area contributed by atoms with Crippen LogP contribution in [0.3, 0.4) is 0 Å². The molecule has 8 heteroatoms. The number of thiophene rings is 1. The molecule has 0 aliphatic carbocycles. The largest absolute Gasteiger partial charge is 0.490 e. The van der Waals surface area contributed by atoms with E-state index in [2.05, 4.69) is 27.1 Å². The molecule has 0 radical (unpaired) electrons. The quantitative estimate of drug-likeness (QED) is 0.248. The lowest BCUT2D eigenvalue weighted by Crippen LogP contribution is -2.15.